The molecule has 6 nitrogen and oxygen atoms in total. The number of hydrogen-bond acceptors (Lipinski definition) is 6. The van der Waals surface area contributed by atoms with Gasteiger partial charge in [-0.15, -0.1) is 0 Å². The molecular weight excluding hydrogens is 326 g/mol. The van der Waals surface area contributed by atoms with Crippen LogP contribution in [0.1, 0.15) is 34.3 Å². The van der Waals surface area contributed by atoms with Crippen molar-refractivity contribution < 1.29 is 13.9 Å². The summed E-state index contributed by atoms with van der Waals surface area (Å²) in [7, 11) is 0. The molecule has 0 saturated heterocycles. The van der Waals surface area contributed by atoms with Crippen LogP contribution < -0.4 is 0 Å². The molecule has 0 radical (unpaired) electrons. The van der Waals surface area contributed by atoms with E-state index in [-0.39, 0.29) is 5.97 Å². The monoisotopic (exact) mass is 345 g/mol. The molecule has 0 saturated carbocycles. The summed E-state index contributed by atoms with van der Waals surface area (Å²) in [6.07, 6.45) is 3.34. The number of nitrogens with one attached hydrogen (secondary N) is 1. The average Bonchev–Trinajstić information content (AvgIpc) is 3.29. The molecule has 3 aromatic heterocycles. The topological polar surface area (TPSA) is 71.4 Å². The van der Waals surface area contributed by atoms with Crippen molar-refractivity contribution in [3.63, 3.8) is 0 Å². The lowest BCUT2D eigenvalue weighted by Gasteiger charge is -2.20. The summed E-state index contributed by atoms with van der Waals surface area (Å²) < 4.78 is 10.5. The number of ether oxygens (including phenoxy) is 1. The highest BCUT2D eigenvalue weighted by atomic mass is 32.1. The van der Waals surface area contributed by atoms with Crippen LogP contribution in [0, 0.1) is 0 Å². The third-order valence-electron chi connectivity index (χ3n) is 3.54. The Labute approximate surface area is 144 Å². The zero-order chi connectivity index (χ0) is 16.8. The molecule has 0 spiro atoms. The van der Waals surface area contributed by atoms with Crippen LogP contribution >= 0.6 is 11.3 Å². The smallest absolute Gasteiger partial charge is 0.356 e. The van der Waals surface area contributed by atoms with Gasteiger partial charge in [0.2, 0.25) is 0 Å². The van der Waals surface area contributed by atoms with E-state index in [0.717, 1.165) is 17.9 Å². The van der Waals surface area contributed by atoms with Crippen LogP contribution in [-0.2, 0) is 24.4 Å². The molecule has 0 aliphatic rings. The fourth-order valence-electron chi connectivity index (χ4n) is 2.48. The standard InChI is InChI=1S/C17H19N3O3S/c1-2-22-17(21)16-14(8-18-19-16)10-20(9-13-5-7-24-12-13)11-15-4-3-6-23-15/h3-8,12H,2,9-11H2,1H3,(H,18,19). The number of furan rings is 1. The molecule has 7 heteroatoms. The van der Waals surface area contributed by atoms with Gasteiger partial charge >= 0.3 is 5.97 Å². The van der Waals surface area contributed by atoms with Crippen LogP contribution in [0.15, 0.2) is 45.8 Å². The fraction of sp³-hybridized carbons (Fsp3) is 0.294. The van der Waals surface area contributed by atoms with E-state index in [0.29, 0.717) is 25.4 Å². The van der Waals surface area contributed by atoms with Crippen LogP contribution in [-0.4, -0.2) is 27.7 Å². The molecule has 3 aromatic rings. The second kappa shape index (κ2) is 7.94. The minimum Gasteiger partial charge on any atom is -0.468 e. The van der Waals surface area contributed by atoms with Gasteiger partial charge in [-0.2, -0.15) is 16.4 Å². The number of esters is 1. The van der Waals surface area contributed by atoms with E-state index >= 15 is 0 Å². The molecule has 3 rings (SSSR count). The number of nitrogens with zero attached hydrogens (tertiary/aromatic N) is 2. The van der Waals surface area contributed by atoms with Crippen LogP contribution in [0.2, 0.25) is 0 Å². The SMILES string of the molecule is CCOC(=O)c1[nH]ncc1CN(Cc1ccsc1)Cc1ccco1. The maximum Gasteiger partial charge on any atom is 0.356 e. The molecule has 0 unspecified atom stereocenters. The summed E-state index contributed by atoms with van der Waals surface area (Å²) in [5.74, 6) is 0.505. The summed E-state index contributed by atoms with van der Waals surface area (Å²) in [6.45, 7) is 4.10. The number of aromatic amines is 1. The minimum atomic E-state index is -0.376. The summed E-state index contributed by atoms with van der Waals surface area (Å²) in [5.41, 5.74) is 2.45. The van der Waals surface area contributed by atoms with Crippen molar-refractivity contribution in [1.82, 2.24) is 15.1 Å². The van der Waals surface area contributed by atoms with Crippen LogP contribution in [0.5, 0.6) is 0 Å². The minimum absolute atomic E-state index is 0.336. The number of aromatic nitrogens is 2. The molecular formula is C17H19N3O3S. The van der Waals surface area contributed by atoms with Crippen LogP contribution in [0.3, 0.4) is 0 Å². The number of H-pyrrole nitrogens is 1. The normalized spacial score (nSPS) is 11.1. The Hall–Kier alpha value is -2.38. The first kappa shape index (κ1) is 16.5. The van der Waals surface area contributed by atoms with E-state index in [4.69, 9.17) is 9.15 Å². The Bertz CT molecular complexity index is 714. The molecule has 0 aliphatic heterocycles. The van der Waals surface area contributed by atoms with Crippen molar-refractivity contribution in [2.45, 2.75) is 26.6 Å². The van der Waals surface area contributed by atoms with Crippen molar-refractivity contribution >= 4 is 17.3 Å². The molecule has 0 fully saturated rings. The Morgan fingerprint density at radius 1 is 1.38 bits per heavy atom. The summed E-state index contributed by atoms with van der Waals surface area (Å²) in [4.78, 5) is 14.2. The molecule has 0 amide bonds. The maximum absolute atomic E-state index is 12.0. The molecule has 1 N–H and O–H groups in total. The van der Waals surface area contributed by atoms with E-state index in [2.05, 4.69) is 31.9 Å². The number of carbonyl (C=O) groups is 1. The highest BCUT2D eigenvalue weighted by Crippen LogP contribution is 2.17. The van der Waals surface area contributed by atoms with Gasteiger partial charge in [0.15, 0.2) is 0 Å². The second-order valence-electron chi connectivity index (χ2n) is 5.35. The first-order valence-electron chi connectivity index (χ1n) is 7.71. The van der Waals surface area contributed by atoms with Crippen molar-refractivity contribution in [2.75, 3.05) is 6.61 Å². The Morgan fingerprint density at radius 2 is 2.29 bits per heavy atom. The zero-order valence-electron chi connectivity index (χ0n) is 13.4. The van der Waals surface area contributed by atoms with Crippen molar-refractivity contribution in [3.8, 4) is 0 Å². The van der Waals surface area contributed by atoms with E-state index < -0.39 is 0 Å². The predicted molar refractivity (Wildman–Crippen MR) is 90.5 cm³/mol. The number of thiophene rings is 1. The quantitative estimate of drug-likeness (QED) is 0.633. The lowest BCUT2D eigenvalue weighted by atomic mass is 10.2. The van der Waals surface area contributed by atoms with Gasteiger partial charge in [0.25, 0.3) is 0 Å². The summed E-state index contributed by atoms with van der Waals surface area (Å²) in [5, 5.41) is 10.9. The molecule has 3 heterocycles. The predicted octanol–water partition coefficient (Wildman–Crippen LogP) is 3.44. The van der Waals surface area contributed by atoms with Crippen LogP contribution in [0.4, 0.5) is 0 Å². The summed E-state index contributed by atoms with van der Waals surface area (Å²) >= 11 is 1.67. The number of hydrogen-bond donors (Lipinski definition) is 1. The van der Waals surface area contributed by atoms with E-state index in [1.807, 2.05) is 12.1 Å². The molecule has 24 heavy (non-hydrogen) atoms. The molecule has 0 atom stereocenters. The zero-order valence-corrected chi connectivity index (χ0v) is 14.2. The van der Waals surface area contributed by atoms with Crippen molar-refractivity contribution in [2.24, 2.45) is 0 Å². The number of rotatable bonds is 8. The Balaban J connectivity index is 1.76. The van der Waals surface area contributed by atoms with Gasteiger partial charge in [0, 0.05) is 18.7 Å². The van der Waals surface area contributed by atoms with Gasteiger partial charge in [0.05, 0.1) is 25.6 Å². The van der Waals surface area contributed by atoms with Gasteiger partial charge in [0.1, 0.15) is 11.5 Å². The maximum atomic E-state index is 12.0. The lowest BCUT2D eigenvalue weighted by Crippen LogP contribution is -2.23. The van der Waals surface area contributed by atoms with E-state index in [9.17, 15) is 4.79 Å². The number of carbonyl (C=O) groups excluding carboxylic acids is 1. The molecule has 0 aliphatic carbocycles. The van der Waals surface area contributed by atoms with Crippen LogP contribution in [0.25, 0.3) is 0 Å². The molecule has 126 valence electrons. The van der Waals surface area contributed by atoms with Gasteiger partial charge in [-0.3, -0.25) is 10.00 Å². The first-order valence-corrected chi connectivity index (χ1v) is 8.65. The van der Waals surface area contributed by atoms with Crippen molar-refractivity contribution in [1.29, 1.82) is 0 Å². The lowest BCUT2D eigenvalue weighted by molar-refractivity contribution is 0.0516. The highest BCUT2D eigenvalue weighted by Gasteiger charge is 2.18. The van der Waals surface area contributed by atoms with E-state index in [1.165, 1.54) is 5.56 Å². The average molecular weight is 345 g/mol. The van der Waals surface area contributed by atoms with Crippen molar-refractivity contribution in [3.05, 3.63) is 64.0 Å². The summed E-state index contributed by atoms with van der Waals surface area (Å²) in [6, 6.07) is 5.92. The first-order chi connectivity index (χ1) is 11.8. The van der Waals surface area contributed by atoms with E-state index in [1.54, 1.807) is 30.7 Å². The molecule has 0 bridgehead atoms. The Kier molecular flexibility index (Phi) is 5.45. The van der Waals surface area contributed by atoms with Gasteiger partial charge in [-0.25, -0.2) is 4.79 Å². The fourth-order valence-corrected chi connectivity index (χ4v) is 3.14. The molecule has 0 aromatic carbocycles. The third kappa shape index (κ3) is 4.12. The highest BCUT2D eigenvalue weighted by molar-refractivity contribution is 7.07. The largest absolute Gasteiger partial charge is 0.468 e. The third-order valence-corrected chi connectivity index (χ3v) is 4.27. The second-order valence-corrected chi connectivity index (χ2v) is 6.13. The van der Waals surface area contributed by atoms with Gasteiger partial charge in [-0.1, -0.05) is 0 Å². The van der Waals surface area contributed by atoms with Gasteiger partial charge in [-0.05, 0) is 41.4 Å². The van der Waals surface area contributed by atoms with Gasteiger partial charge < -0.3 is 9.15 Å². The Morgan fingerprint density at radius 3 is 3.00 bits per heavy atom.